The van der Waals surface area contributed by atoms with Gasteiger partial charge in [0.15, 0.2) is 5.70 Å². The molecular weight excluding hydrogens is 420 g/mol. The molecule has 0 aromatic heterocycles. The number of benzene rings is 2. The van der Waals surface area contributed by atoms with Gasteiger partial charge >= 0.3 is 5.97 Å². The van der Waals surface area contributed by atoms with E-state index in [0.717, 1.165) is 3.57 Å². The fraction of sp³-hybridized carbons (Fsp3) is 0. The first-order valence-corrected chi connectivity index (χ1v) is 7.72. The lowest BCUT2D eigenvalue weighted by Crippen LogP contribution is -2.06. The summed E-state index contributed by atoms with van der Waals surface area (Å²) in [7, 11) is 0. The summed E-state index contributed by atoms with van der Waals surface area (Å²) in [6.45, 7) is 0. The van der Waals surface area contributed by atoms with Gasteiger partial charge in [0, 0.05) is 3.57 Å². The first kappa shape index (κ1) is 15.2. The molecule has 6 heteroatoms. The van der Waals surface area contributed by atoms with Crippen molar-refractivity contribution in [2.75, 3.05) is 0 Å². The van der Waals surface area contributed by atoms with Gasteiger partial charge < -0.3 is 4.74 Å². The maximum atomic E-state index is 12.9. The summed E-state index contributed by atoms with van der Waals surface area (Å²) in [6.07, 6.45) is 1.54. The molecule has 0 spiro atoms. The number of aliphatic imine (C=N–C) groups is 1. The molecule has 3 nitrogen and oxygen atoms in total. The van der Waals surface area contributed by atoms with Crippen LogP contribution < -0.4 is 0 Å². The fourth-order valence-electron chi connectivity index (χ4n) is 1.90. The van der Waals surface area contributed by atoms with Crippen LogP contribution >= 0.6 is 34.2 Å². The summed E-state index contributed by atoms with van der Waals surface area (Å²) < 4.78 is 19.0. The molecule has 0 saturated heterocycles. The molecule has 0 fully saturated rings. The highest BCUT2D eigenvalue weighted by Gasteiger charge is 2.25. The van der Waals surface area contributed by atoms with Crippen molar-refractivity contribution in [3.05, 3.63) is 73.7 Å². The van der Waals surface area contributed by atoms with Crippen molar-refractivity contribution in [3.63, 3.8) is 0 Å². The third kappa shape index (κ3) is 3.20. The number of hydrogen-bond donors (Lipinski definition) is 0. The van der Waals surface area contributed by atoms with Crippen LogP contribution in [0.15, 0.2) is 53.2 Å². The number of nitrogens with zero attached hydrogens (tertiary/aromatic N) is 1. The van der Waals surface area contributed by atoms with Crippen LogP contribution in [-0.2, 0) is 9.53 Å². The Morgan fingerprint density at radius 2 is 1.91 bits per heavy atom. The van der Waals surface area contributed by atoms with Gasteiger partial charge in [0.25, 0.3) is 0 Å². The zero-order valence-corrected chi connectivity index (χ0v) is 13.9. The van der Waals surface area contributed by atoms with Crippen LogP contribution in [0.5, 0.6) is 0 Å². The van der Waals surface area contributed by atoms with Crippen molar-refractivity contribution >= 4 is 52.1 Å². The Kier molecular flexibility index (Phi) is 4.26. The molecule has 2 aromatic carbocycles. The van der Waals surface area contributed by atoms with E-state index >= 15 is 0 Å². The largest absolute Gasteiger partial charge is 0.402 e. The SMILES string of the molecule is O=C1OC(c2cc(I)ccc2Cl)=N/C1=C\c1ccc(F)cc1. The lowest BCUT2D eigenvalue weighted by Gasteiger charge is -2.02. The molecule has 0 atom stereocenters. The van der Waals surface area contributed by atoms with Gasteiger partial charge in [-0.2, -0.15) is 0 Å². The smallest absolute Gasteiger partial charge is 0.363 e. The first-order valence-electron chi connectivity index (χ1n) is 6.26. The Bertz CT molecular complexity index is 815. The monoisotopic (exact) mass is 427 g/mol. The molecule has 22 heavy (non-hydrogen) atoms. The van der Waals surface area contributed by atoms with Gasteiger partial charge in [0.05, 0.1) is 10.6 Å². The van der Waals surface area contributed by atoms with Crippen LogP contribution in [0.3, 0.4) is 0 Å². The summed E-state index contributed by atoms with van der Waals surface area (Å²) >= 11 is 8.25. The van der Waals surface area contributed by atoms with E-state index in [1.165, 1.54) is 18.2 Å². The number of carbonyl (C=O) groups is 1. The predicted molar refractivity (Wildman–Crippen MR) is 91.2 cm³/mol. The van der Waals surface area contributed by atoms with Gasteiger partial charge in [-0.15, -0.1) is 0 Å². The minimum atomic E-state index is -0.561. The highest BCUT2D eigenvalue weighted by Crippen LogP contribution is 2.25. The molecule has 0 amide bonds. The molecule has 0 bridgehead atoms. The lowest BCUT2D eigenvalue weighted by atomic mass is 10.2. The number of hydrogen-bond acceptors (Lipinski definition) is 3. The summed E-state index contributed by atoms with van der Waals surface area (Å²) in [5.74, 6) is -0.734. The average Bonchev–Trinajstić information content (AvgIpc) is 2.85. The Morgan fingerprint density at radius 3 is 2.64 bits per heavy atom. The van der Waals surface area contributed by atoms with Crippen molar-refractivity contribution < 1.29 is 13.9 Å². The number of esters is 1. The molecule has 110 valence electrons. The van der Waals surface area contributed by atoms with Gasteiger partial charge in [-0.05, 0) is 64.6 Å². The highest BCUT2D eigenvalue weighted by molar-refractivity contribution is 14.1. The second kappa shape index (κ2) is 6.18. The van der Waals surface area contributed by atoms with Gasteiger partial charge in [-0.1, -0.05) is 23.7 Å². The van der Waals surface area contributed by atoms with E-state index in [1.807, 2.05) is 6.07 Å². The van der Waals surface area contributed by atoms with Crippen LogP contribution in [-0.4, -0.2) is 11.9 Å². The van der Waals surface area contributed by atoms with Crippen LogP contribution in [0.25, 0.3) is 6.08 Å². The molecule has 1 aliphatic heterocycles. The van der Waals surface area contributed by atoms with Gasteiger partial charge in [-0.3, -0.25) is 0 Å². The second-order valence-corrected chi connectivity index (χ2v) is 6.16. The number of carbonyl (C=O) groups excluding carboxylic acids is 1. The Morgan fingerprint density at radius 1 is 1.18 bits per heavy atom. The normalized spacial score (nSPS) is 15.9. The quantitative estimate of drug-likeness (QED) is 0.404. The molecule has 1 heterocycles. The maximum absolute atomic E-state index is 12.9. The van der Waals surface area contributed by atoms with E-state index in [-0.39, 0.29) is 17.4 Å². The predicted octanol–water partition coefficient (Wildman–Crippen LogP) is 4.43. The Labute approximate surface area is 144 Å². The van der Waals surface area contributed by atoms with Crippen molar-refractivity contribution in [1.29, 1.82) is 0 Å². The summed E-state index contributed by atoms with van der Waals surface area (Å²) in [5.41, 5.74) is 1.37. The highest BCUT2D eigenvalue weighted by atomic mass is 127. The molecular formula is C16H8ClFINO2. The molecule has 0 unspecified atom stereocenters. The van der Waals surface area contributed by atoms with E-state index in [9.17, 15) is 9.18 Å². The van der Waals surface area contributed by atoms with Crippen molar-refractivity contribution in [2.24, 2.45) is 4.99 Å². The lowest BCUT2D eigenvalue weighted by molar-refractivity contribution is -0.129. The number of ether oxygens (including phenoxy) is 1. The number of halogens is 3. The average molecular weight is 428 g/mol. The first-order chi connectivity index (χ1) is 10.5. The third-order valence-electron chi connectivity index (χ3n) is 2.95. The maximum Gasteiger partial charge on any atom is 0.363 e. The summed E-state index contributed by atoms with van der Waals surface area (Å²) in [4.78, 5) is 16.1. The molecule has 0 radical (unpaired) electrons. The van der Waals surface area contributed by atoms with Crippen LogP contribution in [0.1, 0.15) is 11.1 Å². The molecule has 3 rings (SSSR count). The van der Waals surface area contributed by atoms with Crippen LogP contribution in [0.4, 0.5) is 4.39 Å². The van der Waals surface area contributed by atoms with E-state index in [2.05, 4.69) is 27.6 Å². The van der Waals surface area contributed by atoms with E-state index in [0.29, 0.717) is 16.1 Å². The van der Waals surface area contributed by atoms with E-state index < -0.39 is 5.97 Å². The zero-order chi connectivity index (χ0) is 15.7. The number of rotatable bonds is 2. The van der Waals surface area contributed by atoms with E-state index in [1.54, 1.807) is 24.3 Å². The van der Waals surface area contributed by atoms with Gasteiger partial charge in [0.1, 0.15) is 5.82 Å². The molecule has 0 N–H and O–H groups in total. The van der Waals surface area contributed by atoms with Crippen molar-refractivity contribution in [2.45, 2.75) is 0 Å². The minimum absolute atomic E-state index is 0.150. The standard InChI is InChI=1S/C16H8ClFINO2/c17-13-6-5-11(19)8-12(13)15-20-14(16(21)22-15)7-9-1-3-10(18)4-2-9/h1-8H/b14-7-. The van der Waals surface area contributed by atoms with Crippen molar-refractivity contribution in [1.82, 2.24) is 0 Å². The zero-order valence-electron chi connectivity index (χ0n) is 11.0. The third-order valence-corrected chi connectivity index (χ3v) is 3.95. The van der Waals surface area contributed by atoms with Gasteiger partial charge in [-0.25, -0.2) is 14.2 Å². The molecule has 1 aliphatic rings. The summed E-state index contributed by atoms with van der Waals surface area (Å²) in [6, 6.07) is 11.1. The summed E-state index contributed by atoms with van der Waals surface area (Å²) in [5, 5.41) is 0.454. The van der Waals surface area contributed by atoms with Crippen molar-refractivity contribution in [3.8, 4) is 0 Å². The van der Waals surface area contributed by atoms with Crippen LogP contribution in [0.2, 0.25) is 5.02 Å². The van der Waals surface area contributed by atoms with E-state index in [4.69, 9.17) is 16.3 Å². The molecule has 0 saturated carbocycles. The topological polar surface area (TPSA) is 38.7 Å². The molecule has 0 aliphatic carbocycles. The fourth-order valence-corrected chi connectivity index (χ4v) is 2.59. The second-order valence-electron chi connectivity index (χ2n) is 4.51. The Balaban J connectivity index is 1.97. The van der Waals surface area contributed by atoms with Crippen LogP contribution in [0, 0.1) is 9.39 Å². The molecule has 2 aromatic rings. The van der Waals surface area contributed by atoms with Gasteiger partial charge in [0.2, 0.25) is 5.90 Å². The number of cyclic esters (lactones) is 1. The minimum Gasteiger partial charge on any atom is -0.402 e. The Hall–Kier alpha value is -1.73.